The molecule has 158 valence electrons. The lowest BCUT2D eigenvalue weighted by molar-refractivity contribution is -0.126. The summed E-state index contributed by atoms with van der Waals surface area (Å²) in [5.41, 5.74) is 1.42. The van der Waals surface area contributed by atoms with Crippen LogP contribution in [-0.2, 0) is 14.4 Å². The average Bonchev–Trinajstić information content (AvgIpc) is 3.13. The van der Waals surface area contributed by atoms with Crippen molar-refractivity contribution in [2.45, 2.75) is 20.3 Å². The number of nitrogens with one attached hydrogen (secondary N) is 2. The summed E-state index contributed by atoms with van der Waals surface area (Å²) in [7, 11) is 0. The Labute approximate surface area is 176 Å². The van der Waals surface area contributed by atoms with Crippen molar-refractivity contribution in [2.24, 2.45) is 11.8 Å². The van der Waals surface area contributed by atoms with Crippen LogP contribution in [0.15, 0.2) is 54.6 Å². The van der Waals surface area contributed by atoms with Gasteiger partial charge in [-0.1, -0.05) is 32.0 Å². The van der Waals surface area contributed by atoms with Gasteiger partial charge in [0.1, 0.15) is 5.75 Å². The zero-order valence-corrected chi connectivity index (χ0v) is 17.3. The van der Waals surface area contributed by atoms with Crippen LogP contribution >= 0.6 is 0 Å². The van der Waals surface area contributed by atoms with Crippen LogP contribution in [-0.4, -0.2) is 37.4 Å². The largest absolute Gasteiger partial charge is 0.484 e. The van der Waals surface area contributed by atoms with Gasteiger partial charge in [-0.25, -0.2) is 0 Å². The third-order valence-electron chi connectivity index (χ3n) is 4.76. The van der Waals surface area contributed by atoms with Crippen LogP contribution in [0.25, 0.3) is 0 Å². The van der Waals surface area contributed by atoms with E-state index in [1.807, 2.05) is 32.0 Å². The van der Waals surface area contributed by atoms with Gasteiger partial charge in [-0.3, -0.25) is 14.4 Å². The minimum Gasteiger partial charge on any atom is -0.484 e. The molecule has 0 bridgehead atoms. The van der Waals surface area contributed by atoms with Crippen molar-refractivity contribution < 1.29 is 19.1 Å². The van der Waals surface area contributed by atoms with Crippen LogP contribution in [0.3, 0.4) is 0 Å². The fourth-order valence-corrected chi connectivity index (χ4v) is 3.17. The summed E-state index contributed by atoms with van der Waals surface area (Å²) < 4.78 is 5.52. The highest BCUT2D eigenvalue weighted by molar-refractivity contribution is 6.00. The number of rotatable bonds is 8. The summed E-state index contributed by atoms with van der Waals surface area (Å²) >= 11 is 0. The maximum Gasteiger partial charge on any atom is 0.262 e. The Bertz CT molecular complexity index is 881. The first kappa shape index (κ1) is 21.4. The Morgan fingerprint density at radius 2 is 1.80 bits per heavy atom. The molecule has 0 spiro atoms. The first-order chi connectivity index (χ1) is 14.4. The second-order valence-electron chi connectivity index (χ2n) is 7.74. The summed E-state index contributed by atoms with van der Waals surface area (Å²) in [5, 5.41) is 5.65. The summed E-state index contributed by atoms with van der Waals surface area (Å²) in [6.45, 7) is 4.91. The third kappa shape index (κ3) is 5.83. The Morgan fingerprint density at radius 3 is 2.47 bits per heavy atom. The molecule has 1 unspecified atom stereocenters. The van der Waals surface area contributed by atoms with Crippen molar-refractivity contribution in [1.29, 1.82) is 0 Å². The number of amides is 3. The van der Waals surface area contributed by atoms with Crippen LogP contribution in [0.5, 0.6) is 5.75 Å². The van der Waals surface area contributed by atoms with E-state index in [0.29, 0.717) is 36.1 Å². The molecule has 1 saturated heterocycles. The zero-order valence-electron chi connectivity index (χ0n) is 17.3. The van der Waals surface area contributed by atoms with Crippen LogP contribution in [0.1, 0.15) is 20.3 Å². The number of carbonyl (C=O) groups is 3. The van der Waals surface area contributed by atoms with Gasteiger partial charge in [-0.05, 0) is 42.3 Å². The molecule has 1 aliphatic rings. The normalized spacial score (nSPS) is 15.9. The number of nitrogens with zero attached hydrogens (tertiary/aromatic N) is 1. The summed E-state index contributed by atoms with van der Waals surface area (Å²) in [4.78, 5) is 38.2. The minimum atomic E-state index is -0.339. The predicted molar refractivity (Wildman–Crippen MR) is 115 cm³/mol. The Kier molecular flexibility index (Phi) is 7.06. The number of hydrogen-bond acceptors (Lipinski definition) is 4. The number of benzene rings is 2. The predicted octanol–water partition coefficient (Wildman–Crippen LogP) is 2.83. The monoisotopic (exact) mass is 409 g/mol. The highest BCUT2D eigenvalue weighted by Crippen LogP contribution is 2.27. The van der Waals surface area contributed by atoms with Gasteiger partial charge in [0.05, 0.1) is 5.92 Å². The van der Waals surface area contributed by atoms with Gasteiger partial charge in [0.15, 0.2) is 6.61 Å². The van der Waals surface area contributed by atoms with Crippen molar-refractivity contribution in [1.82, 2.24) is 5.32 Å². The van der Waals surface area contributed by atoms with Gasteiger partial charge in [-0.2, -0.15) is 0 Å². The standard InChI is InChI=1S/C23H27N3O4/c1-16(2)13-24-23(29)17-12-22(28)26(14-17)19-8-10-20(11-9-19)30-15-21(27)25-18-6-4-3-5-7-18/h3-11,16-17H,12-15H2,1-2H3,(H,24,29)(H,25,27). The molecule has 1 fully saturated rings. The molecule has 3 rings (SSSR count). The van der Waals surface area contributed by atoms with Gasteiger partial charge >= 0.3 is 0 Å². The molecule has 1 aliphatic heterocycles. The molecule has 7 nitrogen and oxygen atoms in total. The lowest BCUT2D eigenvalue weighted by Gasteiger charge is -2.17. The fourth-order valence-electron chi connectivity index (χ4n) is 3.17. The van der Waals surface area contributed by atoms with E-state index in [0.717, 1.165) is 0 Å². The highest BCUT2D eigenvalue weighted by atomic mass is 16.5. The van der Waals surface area contributed by atoms with E-state index in [-0.39, 0.29) is 36.7 Å². The zero-order chi connectivity index (χ0) is 21.5. The molecule has 1 atom stereocenters. The molecule has 0 radical (unpaired) electrons. The molecule has 2 aromatic rings. The molecule has 0 aliphatic carbocycles. The lowest BCUT2D eigenvalue weighted by atomic mass is 10.1. The summed E-state index contributed by atoms with van der Waals surface area (Å²) in [6.07, 6.45) is 0.210. The molecule has 1 heterocycles. The smallest absolute Gasteiger partial charge is 0.262 e. The van der Waals surface area contributed by atoms with Gasteiger partial charge < -0.3 is 20.3 Å². The number of anilines is 2. The summed E-state index contributed by atoms with van der Waals surface area (Å²) in [5.74, 6) is 0.146. The van der Waals surface area contributed by atoms with Crippen LogP contribution in [0.4, 0.5) is 11.4 Å². The number of carbonyl (C=O) groups excluding carboxylic acids is 3. The SMILES string of the molecule is CC(C)CNC(=O)C1CC(=O)N(c2ccc(OCC(=O)Nc3ccccc3)cc2)C1. The topological polar surface area (TPSA) is 87.7 Å². The molecule has 2 N–H and O–H groups in total. The molecule has 0 aromatic heterocycles. The van der Waals surface area contributed by atoms with E-state index in [4.69, 9.17) is 4.74 Å². The molecular formula is C23H27N3O4. The van der Waals surface area contributed by atoms with Crippen LogP contribution in [0.2, 0.25) is 0 Å². The first-order valence-electron chi connectivity index (χ1n) is 10.1. The Hall–Kier alpha value is -3.35. The van der Waals surface area contributed by atoms with Crippen molar-refractivity contribution in [3.8, 4) is 5.75 Å². The van der Waals surface area contributed by atoms with E-state index in [1.54, 1.807) is 41.3 Å². The highest BCUT2D eigenvalue weighted by Gasteiger charge is 2.35. The maximum atomic E-state index is 12.4. The third-order valence-corrected chi connectivity index (χ3v) is 4.76. The fraction of sp³-hybridized carbons (Fsp3) is 0.348. The van der Waals surface area contributed by atoms with E-state index < -0.39 is 0 Å². The molecule has 0 saturated carbocycles. The van der Waals surface area contributed by atoms with Gasteiger partial charge in [0.2, 0.25) is 11.8 Å². The van der Waals surface area contributed by atoms with Crippen molar-refractivity contribution in [2.75, 3.05) is 29.9 Å². The number of hydrogen-bond donors (Lipinski definition) is 2. The van der Waals surface area contributed by atoms with Crippen LogP contribution in [0, 0.1) is 11.8 Å². The van der Waals surface area contributed by atoms with Crippen LogP contribution < -0.4 is 20.3 Å². The van der Waals surface area contributed by atoms with Gasteiger partial charge in [0, 0.05) is 30.9 Å². The van der Waals surface area contributed by atoms with E-state index in [9.17, 15) is 14.4 Å². The average molecular weight is 409 g/mol. The number of ether oxygens (including phenoxy) is 1. The molecular weight excluding hydrogens is 382 g/mol. The van der Waals surface area contributed by atoms with Crippen molar-refractivity contribution >= 4 is 29.1 Å². The van der Waals surface area contributed by atoms with E-state index in [2.05, 4.69) is 10.6 Å². The molecule has 30 heavy (non-hydrogen) atoms. The van der Waals surface area contributed by atoms with Crippen molar-refractivity contribution in [3.63, 3.8) is 0 Å². The number of para-hydroxylation sites is 1. The Morgan fingerprint density at radius 1 is 1.10 bits per heavy atom. The summed E-state index contributed by atoms with van der Waals surface area (Å²) in [6, 6.07) is 16.1. The Balaban J connectivity index is 1.51. The quantitative estimate of drug-likeness (QED) is 0.702. The maximum absolute atomic E-state index is 12.4. The molecule has 3 amide bonds. The first-order valence-corrected chi connectivity index (χ1v) is 10.1. The molecule has 2 aromatic carbocycles. The lowest BCUT2D eigenvalue weighted by Crippen LogP contribution is -2.35. The van der Waals surface area contributed by atoms with E-state index in [1.165, 1.54) is 0 Å². The van der Waals surface area contributed by atoms with E-state index >= 15 is 0 Å². The van der Waals surface area contributed by atoms with Crippen molar-refractivity contribution in [3.05, 3.63) is 54.6 Å². The second kappa shape index (κ2) is 9.91. The minimum absolute atomic E-state index is 0.0735. The van der Waals surface area contributed by atoms with Gasteiger partial charge in [-0.15, -0.1) is 0 Å². The molecule has 7 heteroatoms. The van der Waals surface area contributed by atoms with Gasteiger partial charge in [0.25, 0.3) is 5.91 Å². The second-order valence-corrected chi connectivity index (χ2v) is 7.74.